The molecule has 0 aromatic rings. The van der Waals surface area contributed by atoms with E-state index in [1.807, 2.05) is 6.26 Å². The van der Waals surface area contributed by atoms with Gasteiger partial charge in [-0.15, -0.1) is 0 Å². The summed E-state index contributed by atoms with van der Waals surface area (Å²) in [6.07, 6.45) is 3.59. The third-order valence-corrected chi connectivity index (χ3v) is 1.49. The number of nitrogens with zero attached hydrogens (tertiary/aromatic N) is 2. The van der Waals surface area contributed by atoms with Crippen LogP contribution in [0.3, 0.4) is 0 Å². The predicted molar refractivity (Wildman–Crippen MR) is 49.6 cm³/mol. The molecule has 0 amide bonds. The molecule has 0 saturated heterocycles. The molecule has 0 fully saturated rings. The standard InChI is InChI=1S/C6H8ClN3S/c1-5(7)3-9-6(11-2)10-4-8/h1,3H2,2H3,(H,9,10). The van der Waals surface area contributed by atoms with E-state index in [0.29, 0.717) is 16.7 Å². The fraction of sp³-hybridized carbons (Fsp3) is 0.333. The highest BCUT2D eigenvalue weighted by molar-refractivity contribution is 8.13. The lowest BCUT2D eigenvalue weighted by Gasteiger charge is -1.97. The summed E-state index contributed by atoms with van der Waals surface area (Å²) in [5, 5.41) is 11.6. The van der Waals surface area contributed by atoms with Crippen molar-refractivity contribution in [2.75, 3.05) is 12.8 Å². The largest absolute Gasteiger partial charge is 0.272 e. The Bertz CT molecular complexity index is 206. The van der Waals surface area contributed by atoms with Gasteiger partial charge in [0.2, 0.25) is 0 Å². The van der Waals surface area contributed by atoms with Crippen molar-refractivity contribution in [2.24, 2.45) is 4.99 Å². The smallest absolute Gasteiger partial charge is 0.183 e. The average molecular weight is 190 g/mol. The molecule has 0 saturated carbocycles. The van der Waals surface area contributed by atoms with Crippen molar-refractivity contribution in [1.82, 2.24) is 5.32 Å². The number of amidine groups is 1. The van der Waals surface area contributed by atoms with E-state index >= 15 is 0 Å². The molecule has 1 N–H and O–H groups in total. The maximum absolute atomic E-state index is 8.22. The number of hydrogen-bond acceptors (Lipinski definition) is 3. The van der Waals surface area contributed by atoms with Crippen LogP contribution in [-0.4, -0.2) is 18.0 Å². The van der Waals surface area contributed by atoms with Crippen LogP contribution in [0.15, 0.2) is 16.6 Å². The first-order valence-corrected chi connectivity index (χ1v) is 4.37. The lowest BCUT2D eigenvalue weighted by Crippen LogP contribution is -2.13. The third-order valence-electron chi connectivity index (χ3n) is 0.750. The lowest BCUT2D eigenvalue weighted by atomic mass is 10.6. The molecule has 0 spiro atoms. The molecule has 0 aliphatic carbocycles. The highest BCUT2D eigenvalue weighted by Crippen LogP contribution is 2.00. The van der Waals surface area contributed by atoms with E-state index in [1.165, 1.54) is 11.8 Å². The van der Waals surface area contributed by atoms with Crippen LogP contribution in [0.4, 0.5) is 0 Å². The number of aliphatic imine (C=N–C) groups is 1. The normalized spacial score (nSPS) is 10.5. The summed E-state index contributed by atoms with van der Waals surface area (Å²) in [7, 11) is 0. The van der Waals surface area contributed by atoms with E-state index in [2.05, 4.69) is 16.9 Å². The third kappa shape index (κ3) is 5.77. The molecule has 11 heavy (non-hydrogen) atoms. The van der Waals surface area contributed by atoms with Crippen LogP contribution in [0.25, 0.3) is 0 Å². The molecule has 60 valence electrons. The van der Waals surface area contributed by atoms with Crippen LogP contribution in [0.1, 0.15) is 0 Å². The Kier molecular flexibility index (Phi) is 5.71. The number of nitriles is 1. The zero-order valence-corrected chi connectivity index (χ0v) is 7.67. The van der Waals surface area contributed by atoms with Crippen molar-refractivity contribution in [3.8, 4) is 6.19 Å². The van der Waals surface area contributed by atoms with E-state index in [9.17, 15) is 0 Å². The zero-order chi connectivity index (χ0) is 8.69. The van der Waals surface area contributed by atoms with Crippen molar-refractivity contribution in [1.29, 1.82) is 5.26 Å². The van der Waals surface area contributed by atoms with Crippen molar-refractivity contribution < 1.29 is 0 Å². The van der Waals surface area contributed by atoms with Crippen molar-refractivity contribution in [3.63, 3.8) is 0 Å². The second kappa shape index (κ2) is 6.08. The first-order valence-electron chi connectivity index (χ1n) is 2.77. The highest BCUT2D eigenvalue weighted by Gasteiger charge is 1.93. The molecule has 0 heterocycles. The van der Waals surface area contributed by atoms with Gasteiger partial charge in [0, 0.05) is 5.03 Å². The molecule has 5 heteroatoms. The molecule has 0 atom stereocenters. The summed E-state index contributed by atoms with van der Waals surface area (Å²) in [6.45, 7) is 3.80. The summed E-state index contributed by atoms with van der Waals surface area (Å²) in [5.41, 5.74) is 0. The average Bonchev–Trinajstić information content (AvgIpc) is 1.97. The number of thioether (sulfide) groups is 1. The number of halogens is 1. The first kappa shape index (κ1) is 10.3. The molecule has 0 aromatic heterocycles. The van der Waals surface area contributed by atoms with Crippen LogP contribution in [-0.2, 0) is 0 Å². The minimum Gasteiger partial charge on any atom is -0.272 e. The molecular weight excluding hydrogens is 182 g/mol. The van der Waals surface area contributed by atoms with Crippen LogP contribution in [0.5, 0.6) is 0 Å². The lowest BCUT2D eigenvalue weighted by molar-refractivity contribution is 1.18. The summed E-state index contributed by atoms with van der Waals surface area (Å²) in [5.74, 6) is 0. The minimum absolute atomic E-state index is 0.340. The van der Waals surface area contributed by atoms with Gasteiger partial charge in [0.05, 0.1) is 6.54 Å². The molecule has 0 aliphatic heterocycles. The van der Waals surface area contributed by atoms with Gasteiger partial charge in [-0.05, 0) is 6.26 Å². The van der Waals surface area contributed by atoms with Crippen LogP contribution in [0, 0.1) is 11.5 Å². The molecule has 3 nitrogen and oxygen atoms in total. The van der Waals surface area contributed by atoms with Crippen LogP contribution in [0.2, 0.25) is 0 Å². The number of nitrogens with one attached hydrogen (secondary N) is 1. The Morgan fingerprint density at radius 2 is 2.55 bits per heavy atom. The fourth-order valence-corrected chi connectivity index (χ4v) is 0.762. The van der Waals surface area contributed by atoms with E-state index in [4.69, 9.17) is 16.9 Å². The van der Waals surface area contributed by atoms with Gasteiger partial charge in [0.25, 0.3) is 0 Å². The fourth-order valence-electron chi connectivity index (χ4n) is 0.361. The first-order chi connectivity index (χ1) is 5.20. The Balaban J connectivity index is 3.92. The molecule has 0 rings (SSSR count). The van der Waals surface area contributed by atoms with Gasteiger partial charge in [-0.25, -0.2) is 0 Å². The van der Waals surface area contributed by atoms with Crippen LogP contribution >= 0.6 is 23.4 Å². The van der Waals surface area contributed by atoms with E-state index in [-0.39, 0.29) is 0 Å². The molecule has 0 aliphatic rings. The number of hydrogen-bond donors (Lipinski definition) is 1. The van der Waals surface area contributed by atoms with Gasteiger partial charge in [-0.1, -0.05) is 29.9 Å². The Labute approximate surface area is 75.1 Å². The monoisotopic (exact) mass is 189 g/mol. The van der Waals surface area contributed by atoms with Gasteiger partial charge >= 0.3 is 0 Å². The summed E-state index contributed by atoms with van der Waals surface area (Å²) >= 11 is 6.81. The molecule has 0 aromatic carbocycles. The quantitative estimate of drug-likeness (QED) is 0.310. The predicted octanol–water partition coefficient (Wildman–Crippen LogP) is 1.53. The second-order valence-corrected chi connectivity index (χ2v) is 2.91. The Morgan fingerprint density at radius 1 is 1.91 bits per heavy atom. The maximum Gasteiger partial charge on any atom is 0.183 e. The maximum atomic E-state index is 8.22. The van der Waals surface area contributed by atoms with Gasteiger partial charge in [0.15, 0.2) is 11.4 Å². The van der Waals surface area contributed by atoms with Crippen molar-refractivity contribution >= 4 is 28.5 Å². The second-order valence-electron chi connectivity index (χ2n) is 1.58. The summed E-state index contributed by atoms with van der Waals surface area (Å²) in [4.78, 5) is 3.95. The molecule has 0 unspecified atom stereocenters. The topological polar surface area (TPSA) is 48.2 Å². The minimum atomic E-state index is 0.340. The van der Waals surface area contributed by atoms with E-state index in [1.54, 1.807) is 6.19 Å². The zero-order valence-electron chi connectivity index (χ0n) is 6.09. The molecule has 0 radical (unpaired) electrons. The SMILES string of the molecule is C=C(Cl)CN=C(NC#N)SC. The van der Waals surface area contributed by atoms with E-state index < -0.39 is 0 Å². The summed E-state index contributed by atoms with van der Waals surface area (Å²) < 4.78 is 0. The van der Waals surface area contributed by atoms with Gasteiger partial charge < -0.3 is 0 Å². The Hall–Kier alpha value is -0.660. The Morgan fingerprint density at radius 3 is 2.91 bits per heavy atom. The van der Waals surface area contributed by atoms with Crippen molar-refractivity contribution in [2.45, 2.75) is 0 Å². The number of rotatable bonds is 2. The molecular formula is C6H8ClN3S. The van der Waals surface area contributed by atoms with Gasteiger partial charge in [0.1, 0.15) is 0 Å². The van der Waals surface area contributed by atoms with Gasteiger partial charge in [-0.2, -0.15) is 5.26 Å². The summed E-state index contributed by atoms with van der Waals surface area (Å²) in [6, 6.07) is 0. The highest BCUT2D eigenvalue weighted by atomic mass is 35.5. The van der Waals surface area contributed by atoms with E-state index in [0.717, 1.165) is 0 Å². The van der Waals surface area contributed by atoms with Crippen LogP contribution < -0.4 is 5.32 Å². The van der Waals surface area contributed by atoms with Gasteiger partial charge in [-0.3, -0.25) is 10.3 Å². The molecule has 0 bridgehead atoms. The van der Waals surface area contributed by atoms with Crippen molar-refractivity contribution in [3.05, 3.63) is 11.6 Å².